The molecule has 6 atom stereocenters. The molecule has 0 spiro atoms. The number of halogens is 6. The number of piperidine rings is 2. The first-order chi connectivity index (χ1) is 19.0. The average Bonchev–Trinajstić information content (AvgIpc) is 3.22. The number of hydrogen-bond acceptors (Lipinski definition) is 6. The van der Waals surface area contributed by atoms with Gasteiger partial charge in [0.15, 0.2) is 0 Å². The van der Waals surface area contributed by atoms with Gasteiger partial charge in [-0.1, -0.05) is 20.8 Å². The normalized spacial score (nSPS) is 27.7. The van der Waals surface area contributed by atoms with Crippen molar-refractivity contribution < 1.29 is 53.9 Å². The molecule has 10 nitrogen and oxygen atoms in total. The van der Waals surface area contributed by atoms with Gasteiger partial charge in [0.25, 0.3) is 5.92 Å². The predicted octanol–water partition coefficient (Wildman–Crippen LogP) is 1.96. The highest BCUT2D eigenvalue weighted by Gasteiger charge is 2.61. The third kappa shape index (κ3) is 7.37. The summed E-state index contributed by atoms with van der Waals surface area (Å²) >= 11 is 0. The van der Waals surface area contributed by atoms with Crippen molar-refractivity contribution in [3.05, 3.63) is 11.2 Å². The van der Waals surface area contributed by atoms with Crippen molar-refractivity contribution in [2.75, 3.05) is 12.8 Å². The number of carbonyl (C=O) groups is 4. The molecule has 3 aliphatic heterocycles. The summed E-state index contributed by atoms with van der Waals surface area (Å²) < 4.78 is 107. The maximum atomic E-state index is 15.1. The Morgan fingerprint density at radius 1 is 1.12 bits per heavy atom. The molecule has 2 bridgehead atoms. The Kier molecular flexibility index (Phi) is 9.36. The summed E-state index contributed by atoms with van der Waals surface area (Å²) in [5.74, 6) is -11.3. The number of fused-ring (bicyclic) bond motifs is 3. The van der Waals surface area contributed by atoms with Gasteiger partial charge in [0.2, 0.25) is 32.7 Å². The van der Waals surface area contributed by atoms with Crippen LogP contribution in [-0.4, -0.2) is 86.0 Å². The molecule has 4 amide bonds. The van der Waals surface area contributed by atoms with Crippen LogP contribution in [0.2, 0.25) is 0 Å². The lowest BCUT2D eigenvalue weighted by molar-refractivity contribution is -0.197. The van der Waals surface area contributed by atoms with Crippen LogP contribution in [0.25, 0.3) is 0 Å². The van der Waals surface area contributed by atoms with Crippen LogP contribution in [0, 0.1) is 17.3 Å². The second-order valence-corrected chi connectivity index (χ2v) is 14.1. The Hall–Kier alpha value is -2.85. The third-order valence-electron chi connectivity index (χ3n) is 7.82. The predicted molar refractivity (Wildman–Crippen MR) is 136 cm³/mol. The largest absolute Gasteiger partial charge is 0.471 e. The van der Waals surface area contributed by atoms with Crippen molar-refractivity contribution >= 4 is 33.5 Å². The molecule has 238 valence electrons. The Bertz CT molecular complexity index is 1250. The molecule has 4 rings (SSSR count). The van der Waals surface area contributed by atoms with Crippen molar-refractivity contribution in [2.45, 2.75) is 89.1 Å². The molecular formula is C25H34F6N4O6S. The van der Waals surface area contributed by atoms with Crippen molar-refractivity contribution in [1.29, 1.82) is 0 Å². The first-order valence-electron chi connectivity index (χ1n) is 13.3. The number of nitrogens with one attached hydrogen (secondary N) is 3. The number of alkyl halides is 5. The van der Waals surface area contributed by atoms with Gasteiger partial charge >= 0.3 is 12.1 Å². The molecule has 4 fully saturated rings. The Morgan fingerprint density at radius 2 is 1.74 bits per heavy atom. The van der Waals surface area contributed by atoms with E-state index in [0.29, 0.717) is 12.3 Å². The van der Waals surface area contributed by atoms with Gasteiger partial charge in [0, 0.05) is 31.2 Å². The number of nitrogens with zero attached hydrogens (tertiary/aromatic N) is 1. The molecule has 0 unspecified atom stereocenters. The molecule has 0 aromatic rings. The van der Waals surface area contributed by atoms with Crippen molar-refractivity contribution in [1.82, 2.24) is 20.9 Å². The molecule has 17 heteroatoms. The molecule has 0 aromatic carbocycles. The van der Waals surface area contributed by atoms with E-state index in [9.17, 15) is 45.2 Å². The van der Waals surface area contributed by atoms with E-state index in [-0.39, 0.29) is 32.2 Å². The molecule has 42 heavy (non-hydrogen) atoms. The van der Waals surface area contributed by atoms with E-state index in [4.69, 9.17) is 0 Å². The summed E-state index contributed by atoms with van der Waals surface area (Å²) in [4.78, 5) is 52.0. The fraction of sp³-hybridized carbons (Fsp3) is 0.760. The number of rotatable bonds is 8. The molecular weight excluding hydrogens is 598 g/mol. The second kappa shape index (κ2) is 11.7. The molecule has 3 heterocycles. The van der Waals surface area contributed by atoms with Gasteiger partial charge in [-0.05, 0) is 37.2 Å². The first-order valence-corrected chi connectivity index (χ1v) is 15.2. The minimum Gasteiger partial charge on any atom is -0.356 e. The fourth-order valence-corrected chi connectivity index (χ4v) is 6.14. The smallest absolute Gasteiger partial charge is 0.356 e. The monoisotopic (exact) mass is 632 g/mol. The van der Waals surface area contributed by atoms with Crippen LogP contribution in [0.15, 0.2) is 11.2 Å². The molecule has 4 aliphatic rings. The van der Waals surface area contributed by atoms with E-state index >= 15 is 8.78 Å². The zero-order valence-electron chi connectivity index (χ0n) is 23.4. The SMILES string of the molecule is CC(C)(C)[C@@H](NC(=O)C(F)(F)F)C(=O)N1[C@@H]2CC[C@H]([C@@H]1C(=O)N[C@@H](/C=C(\F)S(C)(=O)=O)C[C@@H]1CCNC1=O)C(F)(F)C2. The van der Waals surface area contributed by atoms with Crippen molar-refractivity contribution in [3.63, 3.8) is 0 Å². The van der Waals surface area contributed by atoms with Gasteiger partial charge in [-0.25, -0.2) is 17.2 Å². The Labute approximate surface area is 238 Å². The zero-order chi connectivity index (χ0) is 32.0. The van der Waals surface area contributed by atoms with E-state index in [1.54, 1.807) is 5.32 Å². The molecule has 3 N–H and O–H groups in total. The topological polar surface area (TPSA) is 142 Å². The summed E-state index contributed by atoms with van der Waals surface area (Å²) in [5.41, 5.74) is -1.35. The van der Waals surface area contributed by atoms with Crippen LogP contribution in [0.1, 0.15) is 52.9 Å². The van der Waals surface area contributed by atoms with Gasteiger partial charge in [-0.2, -0.15) is 17.6 Å². The van der Waals surface area contributed by atoms with E-state index < -0.39 is 98.6 Å². The van der Waals surface area contributed by atoms with Gasteiger partial charge < -0.3 is 20.9 Å². The van der Waals surface area contributed by atoms with Gasteiger partial charge in [-0.15, -0.1) is 0 Å². The summed E-state index contributed by atoms with van der Waals surface area (Å²) in [6, 6.07) is -6.56. The number of amides is 4. The summed E-state index contributed by atoms with van der Waals surface area (Å²) in [5, 5.41) is 4.81. The number of sulfone groups is 1. The lowest BCUT2D eigenvalue weighted by Crippen LogP contribution is -2.71. The summed E-state index contributed by atoms with van der Waals surface area (Å²) in [7, 11) is -4.38. The van der Waals surface area contributed by atoms with Crippen LogP contribution < -0.4 is 16.0 Å². The lowest BCUT2D eigenvalue weighted by atomic mass is 9.70. The fourth-order valence-electron chi connectivity index (χ4n) is 5.73. The van der Waals surface area contributed by atoms with E-state index in [1.807, 2.05) is 0 Å². The molecule has 3 saturated heterocycles. The maximum absolute atomic E-state index is 15.1. The van der Waals surface area contributed by atoms with E-state index in [2.05, 4.69) is 10.6 Å². The van der Waals surface area contributed by atoms with Gasteiger partial charge in [0.1, 0.15) is 12.1 Å². The van der Waals surface area contributed by atoms with Crippen LogP contribution in [0.3, 0.4) is 0 Å². The molecule has 0 radical (unpaired) electrons. The van der Waals surface area contributed by atoms with Crippen molar-refractivity contribution in [3.8, 4) is 0 Å². The zero-order valence-corrected chi connectivity index (χ0v) is 24.2. The molecule has 1 saturated carbocycles. The number of carbonyl (C=O) groups excluding carboxylic acids is 4. The van der Waals surface area contributed by atoms with Gasteiger partial charge in [0.05, 0.1) is 12.0 Å². The molecule has 1 aliphatic carbocycles. The second-order valence-electron chi connectivity index (χ2n) is 12.1. The standard InChI is InChI=1S/C25H34F6N4O6S/c1-23(2,3)18(34-22(39)25(29,30)31)21(38)35-14-5-6-15(24(27,28)11-14)17(35)20(37)33-13(10-16(26)42(4,40)41)9-12-7-8-32-19(12)36/h10,12-15,17-18H,5-9,11H2,1-4H3,(H,32,36)(H,33,37)(H,34,39)/b16-10+/t12-,13+,14+,15+,17+,18-/m0/s1. The van der Waals surface area contributed by atoms with Gasteiger partial charge in [-0.3, -0.25) is 19.2 Å². The minimum atomic E-state index is -5.36. The van der Waals surface area contributed by atoms with Crippen molar-refractivity contribution in [2.24, 2.45) is 17.3 Å². The average molecular weight is 633 g/mol. The molecule has 0 aromatic heterocycles. The van der Waals surface area contributed by atoms with Crippen LogP contribution in [-0.2, 0) is 29.0 Å². The summed E-state index contributed by atoms with van der Waals surface area (Å²) in [6.07, 6.45) is -5.38. The number of hydrogen-bond donors (Lipinski definition) is 3. The van der Waals surface area contributed by atoms with Crippen LogP contribution >= 0.6 is 0 Å². The highest BCUT2D eigenvalue weighted by Crippen LogP contribution is 2.49. The third-order valence-corrected chi connectivity index (χ3v) is 8.66. The Balaban J connectivity index is 2.00. The van der Waals surface area contributed by atoms with Crippen LogP contribution in [0.4, 0.5) is 26.3 Å². The van der Waals surface area contributed by atoms with Crippen LogP contribution in [0.5, 0.6) is 0 Å². The summed E-state index contributed by atoms with van der Waals surface area (Å²) in [6.45, 7) is 4.31. The first kappa shape index (κ1) is 33.6. The van der Waals surface area contributed by atoms with E-state index in [0.717, 1.165) is 4.90 Å². The lowest BCUT2D eigenvalue weighted by Gasteiger charge is -2.55. The quantitative estimate of drug-likeness (QED) is 0.350. The van der Waals surface area contributed by atoms with E-state index in [1.165, 1.54) is 20.8 Å². The Morgan fingerprint density at radius 3 is 2.21 bits per heavy atom. The maximum Gasteiger partial charge on any atom is 0.471 e. The highest BCUT2D eigenvalue weighted by molar-refractivity contribution is 7.94. The minimum absolute atomic E-state index is 0.00808. The highest BCUT2D eigenvalue weighted by atomic mass is 32.2.